The average molecular weight is 591 g/mol. The Balaban J connectivity index is 0.000000200. The topological polar surface area (TPSA) is 63.6 Å². The summed E-state index contributed by atoms with van der Waals surface area (Å²) in [7, 11) is 0.662. The molecule has 183 valence electrons. The van der Waals surface area contributed by atoms with Crippen molar-refractivity contribution >= 4 is 41.8 Å². The van der Waals surface area contributed by atoms with Gasteiger partial charge in [-0.15, -0.1) is 0 Å². The van der Waals surface area contributed by atoms with Gasteiger partial charge in [-0.3, -0.25) is 9.59 Å². The molecule has 0 fully saturated rings. The first kappa shape index (κ1) is 29.0. The van der Waals surface area contributed by atoms with E-state index >= 15 is 0 Å². The van der Waals surface area contributed by atoms with Gasteiger partial charge in [-0.25, -0.2) is 0 Å². The normalized spacial score (nSPS) is 9.56. The zero-order valence-corrected chi connectivity index (χ0v) is 22.6. The number of hydrogen-bond donors (Lipinski definition) is 1. The second kappa shape index (κ2) is 16.4. The monoisotopic (exact) mass is 591 g/mol. The number of benzene rings is 4. The quantitative estimate of drug-likeness (QED) is 0.197. The van der Waals surface area contributed by atoms with Crippen LogP contribution in [0.15, 0.2) is 109 Å². The van der Waals surface area contributed by atoms with Gasteiger partial charge in [0.2, 0.25) is 0 Å². The van der Waals surface area contributed by atoms with Crippen molar-refractivity contribution in [2.45, 2.75) is 26.7 Å². The summed E-state index contributed by atoms with van der Waals surface area (Å²) in [5.74, 6) is 1.05. The van der Waals surface area contributed by atoms with Crippen molar-refractivity contribution < 1.29 is 19.3 Å². The first-order valence-electron chi connectivity index (χ1n) is 11.4. The van der Waals surface area contributed by atoms with E-state index in [1.54, 1.807) is 26.0 Å². The summed E-state index contributed by atoms with van der Waals surface area (Å²) in [6.45, 7) is 3.23. The second-order valence-electron chi connectivity index (χ2n) is 7.98. The van der Waals surface area contributed by atoms with Gasteiger partial charge < -0.3 is 9.68 Å². The zero-order valence-electron chi connectivity index (χ0n) is 20.4. The molecule has 4 aromatic rings. The van der Waals surface area contributed by atoms with Crippen molar-refractivity contribution in [2.75, 3.05) is 0 Å². The molecule has 0 bridgehead atoms. The van der Waals surface area contributed by atoms with Gasteiger partial charge in [-0.1, -0.05) is 84.9 Å². The Hall–Kier alpha value is -3.23. The lowest BCUT2D eigenvalue weighted by molar-refractivity contribution is -0.117. The van der Waals surface area contributed by atoms with Crippen LogP contribution in [0.5, 0.6) is 5.75 Å². The third-order valence-electron chi connectivity index (χ3n) is 4.81. The van der Waals surface area contributed by atoms with Crippen molar-refractivity contribution in [3.8, 4) is 16.9 Å². The van der Waals surface area contributed by atoms with Crippen LogP contribution in [0.1, 0.15) is 25.0 Å². The van der Waals surface area contributed by atoms with Crippen LogP contribution in [0.25, 0.3) is 11.1 Å². The number of carbonyl (C=O) groups excluding carboxylic acids is 2. The zero-order chi connectivity index (χ0) is 26.2. The summed E-state index contributed by atoms with van der Waals surface area (Å²) in [6, 6.07) is 35.4. The fourth-order valence-electron chi connectivity index (χ4n) is 3.18. The molecule has 0 aromatic heterocycles. The summed E-state index contributed by atoms with van der Waals surface area (Å²) < 4.78 is 5.84. The van der Waals surface area contributed by atoms with Crippen molar-refractivity contribution in [3.63, 3.8) is 0 Å². The lowest BCUT2D eigenvalue weighted by Gasteiger charge is -2.03. The Bertz CT molecular complexity index is 1180. The minimum absolute atomic E-state index is 0.201. The predicted octanol–water partition coefficient (Wildman–Crippen LogP) is 6.50. The maximum atomic E-state index is 11.0. The standard InChI is InChI=1S/C15H14O.C9H9IO.C6H6BO2/c1-12(16)11-13-7-9-15(10-8-13)14-5-3-2-4-6-14;1-7(11)6-8-2-4-9(10)5-3-8;8-7-9-6-4-2-1-3-5-6/h2-10H,11H2,1H3;2-5H,6H2,1H3;1-5,8H. The fraction of sp³-hybridized carbons (Fsp3) is 0.133. The molecule has 1 N–H and O–H groups in total. The second-order valence-corrected chi connectivity index (χ2v) is 9.23. The van der Waals surface area contributed by atoms with Crippen LogP contribution in [0, 0.1) is 3.57 Å². The molecule has 4 rings (SSSR count). The Kier molecular flexibility index (Phi) is 13.3. The molecular formula is C30H29BIO4. The van der Waals surface area contributed by atoms with Crippen LogP contribution in [0.3, 0.4) is 0 Å². The van der Waals surface area contributed by atoms with Crippen molar-refractivity contribution in [1.82, 2.24) is 0 Å². The van der Waals surface area contributed by atoms with Crippen molar-refractivity contribution in [1.29, 1.82) is 0 Å². The highest BCUT2D eigenvalue weighted by atomic mass is 127. The van der Waals surface area contributed by atoms with E-state index < -0.39 is 0 Å². The van der Waals surface area contributed by atoms with Gasteiger partial charge in [0.25, 0.3) is 0 Å². The van der Waals surface area contributed by atoms with E-state index in [0.717, 1.165) is 11.1 Å². The van der Waals surface area contributed by atoms with E-state index in [-0.39, 0.29) is 11.6 Å². The van der Waals surface area contributed by atoms with Gasteiger partial charge in [-0.05, 0) is 83.0 Å². The Morgan fingerprint density at radius 1 is 0.667 bits per heavy atom. The van der Waals surface area contributed by atoms with E-state index in [1.165, 1.54) is 14.7 Å². The van der Waals surface area contributed by atoms with E-state index in [1.807, 2.05) is 72.8 Å². The number of Topliss-reactive ketones (excluding diaryl/α,β-unsaturated/α-hetero) is 2. The number of hydrogen-bond acceptors (Lipinski definition) is 4. The van der Waals surface area contributed by atoms with Crippen LogP contribution in [0.4, 0.5) is 0 Å². The van der Waals surface area contributed by atoms with Crippen LogP contribution in [-0.2, 0) is 22.4 Å². The maximum Gasteiger partial charge on any atom is 0.569 e. The molecule has 0 spiro atoms. The molecule has 0 saturated heterocycles. The Morgan fingerprint density at radius 2 is 1.08 bits per heavy atom. The van der Waals surface area contributed by atoms with Crippen molar-refractivity contribution in [2.24, 2.45) is 0 Å². The number of ketones is 2. The summed E-state index contributed by atoms with van der Waals surface area (Å²) in [6.07, 6.45) is 1.08. The first-order valence-corrected chi connectivity index (χ1v) is 12.5. The molecular weight excluding hydrogens is 562 g/mol. The summed E-state index contributed by atoms with van der Waals surface area (Å²) in [5, 5.41) is 8.17. The molecule has 0 aliphatic rings. The lowest BCUT2D eigenvalue weighted by atomic mass is 10.0. The minimum atomic E-state index is 0.201. The molecule has 0 amide bonds. The highest BCUT2D eigenvalue weighted by Crippen LogP contribution is 2.19. The van der Waals surface area contributed by atoms with E-state index in [0.29, 0.717) is 26.3 Å². The van der Waals surface area contributed by atoms with Crippen molar-refractivity contribution in [3.05, 3.63) is 124 Å². The van der Waals surface area contributed by atoms with E-state index in [9.17, 15) is 9.59 Å². The summed E-state index contributed by atoms with van der Waals surface area (Å²) in [5.41, 5.74) is 4.56. The predicted molar refractivity (Wildman–Crippen MR) is 155 cm³/mol. The van der Waals surface area contributed by atoms with Gasteiger partial charge in [-0.2, -0.15) is 0 Å². The van der Waals surface area contributed by atoms with Gasteiger partial charge >= 0.3 is 7.69 Å². The summed E-state index contributed by atoms with van der Waals surface area (Å²) in [4.78, 5) is 21.7. The number of carbonyl (C=O) groups is 2. The molecule has 0 aliphatic carbocycles. The maximum absolute atomic E-state index is 11.0. The molecule has 4 nitrogen and oxygen atoms in total. The van der Waals surface area contributed by atoms with Gasteiger partial charge in [0.05, 0.1) is 5.75 Å². The fourth-order valence-corrected chi connectivity index (χ4v) is 3.54. The van der Waals surface area contributed by atoms with Gasteiger partial charge in [0.1, 0.15) is 11.6 Å². The third kappa shape index (κ3) is 12.0. The number of para-hydroxylation sites is 1. The minimum Gasteiger partial charge on any atom is -0.537 e. The van der Waals surface area contributed by atoms with Crippen LogP contribution in [-0.4, -0.2) is 24.3 Å². The lowest BCUT2D eigenvalue weighted by Crippen LogP contribution is -1.98. The Morgan fingerprint density at radius 3 is 1.53 bits per heavy atom. The third-order valence-corrected chi connectivity index (χ3v) is 5.53. The van der Waals surface area contributed by atoms with E-state index in [2.05, 4.69) is 51.5 Å². The van der Waals surface area contributed by atoms with Crippen LogP contribution < -0.4 is 4.65 Å². The molecule has 36 heavy (non-hydrogen) atoms. The van der Waals surface area contributed by atoms with E-state index in [4.69, 9.17) is 5.02 Å². The van der Waals surface area contributed by atoms with Crippen LogP contribution in [0.2, 0.25) is 0 Å². The largest absolute Gasteiger partial charge is 0.569 e. The first-order chi connectivity index (χ1) is 17.4. The molecule has 6 heteroatoms. The molecule has 4 aromatic carbocycles. The Labute approximate surface area is 227 Å². The molecule has 0 aliphatic heterocycles. The summed E-state index contributed by atoms with van der Waals surface area (Å²) >= 11 is 2.25. The molecule has 0 atom stereocenters. The van der Waals surface area contributed by atoms with Gasteiger partial charge in [0.15, 0.2) is 0 Å². The highest BCUT2D eigenvalue weighted by Gasteiger charge is 1.99. The molecule has 0 unspecified atom stereocenters. The molecule has 0 saturated carbocycles. The van der Waals surface area contributed by atoms with Crippen LogP contribution >= 0.6 is 22.6 Å². The highest BCUT2D eigenvalue weighted by molar-refractivity contribution is 14.1. The molecule has 1 radical (unpaired) electrons. The average Bonchev–Trinajstić information content (AvgIpc) is 2.88. The van der Waals surface area contributed by atoms with Gasteiger partial charge in [0, 0.05) is 16.4 Å². The smallest absolute Gasteiger partial charge is 0.537 e. The molecule has 0 heterocycles. The number of rotatable bonds is 7. The number of halogens is 1. The SMILES string of the molecule is CC(=O)Cc1ccc(-c2ccccc2)cc1.CC(=O)Cc1ccc(I)cc1.O[B]Oc1ccccc1.